The van der Waals surface area contributed by atoms with Gasteiger partial charge in [-0.25, -0.2) is 34.7 Å². The van der Waals surface area contributed by atoms with Crippen LogP contribution < -0.4 is 20.1 Å². The van der Waals surface area contributed by atoms with E-state index in [0.29, 0.717) is 69.4 Å². The first-order chi connectivity index (χ1) is 55.1. The summed E-state index contributed by atoms with van der Waals surface area (Å²) in [6.45, 7) is 6.74. The molecule has 3 aliphatic heterocycles. The molecule has 6 aromatic rings. The fourth-order valence-corrected chi connectivity index (χ4v) is 19.0. The van der Waals surface area contributed by atoms with E-state index in [-0.39, 0.29) is 203 Å². The lowest BCUT2D eigenvalue weighted by Crippen LogP contribution is -2.51. The molecule has 115 heavy (non-hydrogen) atoms. The number of nitrogens with zero attached hydrogens (tertiary/aromatic N) is 3. The molecule has 0 bridgehead atoms. The molecule has 3 aliphatic rings. The van der Waals surface area contributed by atoms with Crippen LogP contribution in [0.5, 0.6) is 0 Å². The van der Waals surface area contributed by atoms with E-state index in [1.54, 1.807) is 66.7 Å². The second kappa shape index (κ2) is 46.6. The molecule has 0 aliphatic carbocycles. The highest BCUT2D eigenvalue weighted by molar-refractivity contribution is 7.91. The SMILES string of the molecule is CN1Cc2c(Cl)cc(Cl)cc2[C@H](c2cccc(S(=O)(=O)CCCOCCOCCOCCCC(=O)CC(O)(CC(=O)NCCOCCOCCOCCNS(=O)(=O)c3cccc([C@@H]4CN(C)Cc5c(Cl)cc(Cl)cc54)c3)C(=O)NCCOCCOCCOCCNS(=O)(=O)c3cccc([C@@H]4CN(C)Cc5c(Cl)cc(Cl)cc54)c3)c2)C1. The van der Waals surface area contributed by atoms with E-state index in [1.807, 2.05) is 57.5 Å². The van der Waals surface area contributed by atoms with Crippen molar-refractivity contribution in [1.82, 2.24) is 34.8 Å². The quantitative estimate of drug-likeness (QED) is 0.0222. The van der Waals surface area contributed by atoms with Gasteiger partial charge < -0.3 is 73.1 Å². The normalized spacial score (nSPS) is 16.7. The highest BCUT2D eigenvalue weighted by Crippen LogP contribution is 2.42. The van der Waals surface area contributed by atoms with Gasteiger partial charge in [-0.1, -0.05) is 106 Å². The van der Waals surface area contributed by atoms with Crippen molar-refractivity contribution in [2.75, 3.05) is 192 Å². The number of hydrogen-bond acceptors (Lipinski definition) is 22. The van der Waals surface area contributed by atoms with E-state index in [9.17, 15) is 44.7 Å². The molecule has 0 saturated heterocycles. The topological polar surface area (TPSA) is 315 Å². The number of fused-ring (bicyclic) bond motifs is 3. The van der Waals surface area contributed by atoms with Crippen LogP contribution in [0.15, 0.2) is 124 Å². The molecule has 1 unspecified atom stereocenters. The first-order valence-electron chi connectivity index (χ1n) is 38.1. The van der Waals surface area contributed by atoms with Gasteiger partial charge in [-0.05, 0) is 157 Å². The van der Waals surface area contributed by atoms with Gasteiger partial charge in [-0.15, -0.1) is 0 Å². The van der Waals surface area contributed by atoms with Crippen molar-refractivity contribution >= 4 is 117 Å². The lowest BCUT2D eigenvalue weighted by atomic mass is 9.85. The van der Waals surface area contributed by atoms with Crippen molar-refractivity contribution in [2.24, 2.45) is 0 Å². The van der Waals surface area contributed by atoms with E-state index in [0.717, 1.165) is 50.1 Å². The maximum Gasteiger partial charge on any atom is 0.253 e. The van der Waals surface area contributed by atoms with E-state index in [4.69, 9.17) is 112 Å². The third-order valence-corrected chi connectivity index (χ3v) is 25.8. The molecule has 3 heterocycles. The fraction of sp³-hybridized carbons (Fsp3) is 0.512. The summed E-state index contributed by atoms with van der Waals surface area (Å²) >= 11 is 38.8. The molecule has 0 radical (unpaired) electrons. The van der Waals surface area contributed by atoms with Gasteiger partial charge >= 0.3 is 0 Å². The van der Waals surface area contributed by atoms with Crippen LogP contribution in [0.1, 0.15) is 99.9 Å². The summed E-state index contributed by atoms with van der Waals surface area (Å²) in [5, 5.41) is 20.2. The largest absolute Gasteiger partial charge is 0.379 e. The van der Waals surface area contributed by atoms with Crippen LogP contribution in [0.25, 0.3) is 0 Å². The number of amides is 2. The lowest BCUT2D eigenvalue weighted by Gasteiger charge is -2.33. The Morgan fingerprint density at radius 1 is 0.417 bits per heavy atom. The fourth-order valence-electron chi connectivity index (χ4n) is 13.9. The molecule has 26 nitrogen and oxygen atoms in total. The number of Topliss-reactive ketones (excluding diaryl/α,β-unsaturated/α-hetero) is 1. The van der Waals surface area contributed by atoms with Crippen LogP contribution in [-0.4, -0.2) is 260 Å². The highest BCUT2D eigenvalue weighted by atomic mass is 35.5. The van der Waals surface area contributed by atoms with Crippen LogP contribution in [0.2, 0.25) is 30.1 Å². The van der Waals surface area contributed by atoms with Crippen molar-refractivity contribution in [3.8, 4) is 0 Å². The molecular formula is C80H103Cl6N7O19S3. The number of aliphatic hydroxyl groups is 1. The molecule has 0 spiro atoms. The Morgan fingerprint density at radius 3 is 1.14 bits per heavy atom. The van der Waals surface area contributed by atoms with Crippen LogP contribution in [0.3, 0.4) is 0 Å². The second-order valence-electron chi connectivity index (χ2n) is 28.4. The number of nitrogens with one attached hydrogen (secondary N) is 4. The minimum absolute atomic E-state index is 0.00242. The predicted octanol–water partition coefficient (Wildman–Crippen LogP) is 9.70. The van der Waals surface area contributed by atoms with E-state index in [1.165, 1.54) is 6.07 Å². The zero-order valence-corrected chi connectivity index (χ0v) is 71.8. The van der Waals surface area contributed by atoms with E-state index in [2.05, 4.69) is 34.8 Å². The Labute approximate surface area is 705 Å². The molecule has 632 valence electrons. The van der Waals surface area contributed by atoms with Crippen molar-refractivity contribution < 1.29 is 87.4 Å². The number of rotatable bonds is 51. The minimum Gasteiger partial charge on any atom is -0.379 e. The average molecular weight is 1780 g/mol. The molecule has 9 rings (SSSR count). The number of ether oxygens (including phenoxy) is 9. The number of benzene rings is 6. The summed E-state index contributed by atoms with van der Waals surface area (Å²) in [6, 6.07) is 31.5. The number of halogens is 6. The van der Waals surface area contributed by atoms with Gasteiger partial charge in [0.05, 0.1) is 133 Å². The molecule has 2 amide bonds. The molecular weight excluding hydrogens is 1670 g/mol. The van der Waals surface area contributed by atoms with Gasteiger partial charge in [0.25, 0.3) is 5.91 Å². The Morgan fingerprint density at radius 2 is 0.748 bits per heavy atom. The van der Waals surface area contributed by atoms with Crippen molar-refractivity contribution in [2.45, 2.75) is 89.8 Å². The van der Waals surface area contributed by atoms with Gasteiger partial charge in [0.2, 0.25) is 26.0 Å². The molecule has 35 heteroatoms. The summed E-state index contributed by atoms with van der Waals surface area (Å²) in [5.74, 6) is -2.65. The predicted molar refractivity (Wildman–Crippen MR) is 442 cm³/mol. The van der Waals surface area contributed by atoms with Gasteiger partial charge in [-0.2, -0.15) is 0 Å². The lowest BCUT2D eigenvalue weighted by molar-refractivity contribution is -0.149. The molecule has 0 aromatic heterocycles. The number of sulfonamides is 2. The third kappa shape index (κ3) is 29.4. The smallest absolute Gasteiger partial charge is 0.253 e. The van der Waals surface area contributed by atoms with Crippen LogP contribution in [-0.2, 0) is 107 Å². The third-order valence-electron chi connectivity index (χ3n) is 19.5. The number of carbonyl (C=O) groups excluding carboxylic acids is 3. The van der Waals surface area contributed by atoms with Crippen molar-refractivity contribution in [3.05, 3.63) is 189 Å². The zero-order chi connectivity index (χ0) is 82.6. The van der Waals surface area contributed by atoms with Gasteiger partial charge in [0, 0.05) is 139 Å². The van der Waals surface area contributed by atoms with E-state index >= 15 is 0 Å². The first-order valence-corrected chi connectivity index (χ1v) is 45.0. The average Bonchev–Trinajstić information content (AvgIpc) is 0.780. The first kappa shape index (κ1) is 93.8. The standard InChI is InChI=1S/C80H103Cl6N7O19S3/c1-91-50-69(66-42-59(81)45-75(84)72(66)53-91)56-9-4-13-63(39-56)113(98,99)38-8-21-105-27-33-110-32-26-104-20-7-12-62(94)48-80(97,79(96)88-17-23-107-29-35-112-37-31-109-25-19-90-115(102,103)65-15-6-11-58(41-65)71-52-93(3)55-74-68(71)44-61(83)47-77(74)86)49-78(95)87-16-22-106-28-34-111-36-30-108-24-18-89-114(100,101)64-14-5-10-57(40-64)70-51-92(2)54-73-67(70)43-60(82)46-76(73)85/h4-6,9-11,13-15,39-47,69-71,89-90,97H,7-8,12,16-38,48-55H2,1-3H3,(H,87,95)(H,88,96)/t69-,70-,71-,80?/m0/s1. The second-order valence-corrected chi connectivity index (χ2v) is 36.6. The van der Waals surface area contributed by atoms with Crippen LogP contribution >= 0.6 is 69.6 Å². The zero-order valence-electron chi connectivity index (χ0n) is 64.8. The Balaban J connectivity index is 0.629. The number of sulfone groups is 1. The van der Waals surface area contributed by atoms with Crippen molar-refractivity contribution in [1.29, 1.82) is 0 Å². The maximum absolute atomic E-state index is 13.6. The molecule has 6 aromatic carbocycles. The Hall–Kier alpha value is -5.08. The summed E-state index contributed by atoms with van der Waals surface area (Å²) < 4.78 is 136. The minimum atomic E-state index is -3.88. The molecule has 0 saturated carbocycles. The Bertz CT molecular complexity index is 4370. The highest BCUT2D eigenvalue weighted by Gasteiger charge is 2.40. The number of carbonyl (C=O) groups is 3. The molecule has 5 N–H and O–H groups in total. The number of ketones is 1. The maximum atomic E-state index is 13.6. The van der Waals surface area contributed by atoms with Crippen LogP contribution in [0.4, 0.5) is 0 Å². The number of likely N-dealkylation sites (N-methyl/N-ethyl adjacent to an activating group) is 3. The molecule has 0 fully saturated rings. The van der Waals surface area contributed by atoms with Gasteiger partial charge in [-0.3, -0.25) is 14.4 Å². The van der Waals surface area contributed by atoms with E-state index < -0.39 is 65.9 Å². The van der Waals surface area contributed by atoms with Crippen molar-refractivity contribution in [3.63, 3.8) is 0 Å². The Kier molecular flexibility index (Phi) is 38.0. The summed E-state index contributed by atoms with van der Waals surface area (Å²) in [5.41, 5.74) is 5.88. The molecule has 4 atom stereocenters. The monoisotopic (exact) mass is 1770 g/mol. The van der Waals surface area contributed by atoms with Gasteiger partial charge in [0.15, 0.2) is 15.4 Å². The van der Waals surface area contributed by atoms with Crippen LogP contribution in [0, 0.1) is 0 Å². The summed E-state index contributed by atoms with van der Waals surface area (Å²) in [4.78, 5) is 47.2. The van der Waals surface area contributed by atoms with Gasteiger partial charge in [0.1, 0.15) is 5.78 Å². The summed E-state index contributed by atoms with van der Waals surface area (Å²) in [6.07, 6.45) is -0.963. The number of hydrogen-bond donors (Lipinski definition) is 5. The summed E-state index contributed by atoms with van der Waals surface area (Å²) in [7, 11) is -5.40.